The molecule has 1 aromatic heterocycles. The summed E-state index contributed by atoms with van der Waals surface area (Å²) in [5.41, 5.74) is 3.24. The number of thioether (sulfide) groups is 1. The van der Waals surface area contributed by atoms with Crippen LogP contribution in [0.5, 0.6) is 0 Å². The molecule has 2 nitrogen and oxygen atoms in total. The second-order valence-corrected chi connectivity index (χ2v) is 5.92. The Bertz CT molecular complexity index is 774. The van der Waals surface area contributed by atoms with E-state index in [0.717, 1.165) is 33.7 Å². The van der Waals surface area contributed by atoms with Crippen molar-refractivity contribution in [2.24, 2.45) is 0 Å². The van der Waals surface area contributed by atoms with Crippen molar-refractivity contribution in [3.05, 3.63) is 65.3 Å². The van der Waals surface area contributed by atoms with Crippen LogP contribution >= 0.6 is 23.4 Å². The highest BCUT2D eigenvalue weighted by atomic mass is 35.5. The van der Waals surface area contributed by atoms with Gasteiger partial charge in [0.15, 0.2) is 0 Å². The van der Waals surface area contributed by atoms with Crippen LogP contribution in [0.25, 0.3) is 10.9 Å². The van der Waals surface area contributed by atoms with Gasteiger partial charge in [-0.2, -0.15) is 0 Å². The second kappa shape index (κ2) is 6.37. The van der Waals surface area contributed by atoms with Gasteiger partial charge in [-0.15, -0.1) is 11.8 Å². The SMILES string of the molecule is CSc1ccccc1NCc1ccc(Cl)c2cccnc12. The number of benzene rings is 2. The van der Waals surface area contributed by atoms with Crippen molar-refractivity contribution >= 4 is 40.0 Å². The Morgan fingerprint density at radius 2 is 1.95 bits per heavy atom. The van der Waals surface area contributed by atoms with E-state index in [0.29, 0.717) is 0 Å². The van der Waals surface area contributed by atoms with E-state index in [2.05, 4.69) is 34.8 Å². The predicted octanol–water partition coefficient (Wildman–Crippen LogP) is 5.22. The topological polar surface area (TPSA) is 24.9 Å². The van der Waals surface area contributed by atoms with E-state index in [4.69, 9.17) is 11.6 Å². The molecule has 0 aliphatic rings. The predicted molar refractivity (Wildman–Crippen MR) is 92.3 cm³/mol. The highest BCUT2D eigenvalue weighted by Crippen LogP contribution is 2.28. The lowest BCUT2D eigenvalue weighted by Crippen LogP contribution is -2.02. The number of nitrogens with one attached hydrogen (secondary N) is 1. The fourth-order valence-electron chi connectivity index (χ4n) is 2.32. The summed E-state index contributed by atoms with van der Waals surface area (Å²) >= 11 is 7.97. The number of fused-ring (bicyclic) bond motifs is 1. The van der Waals surface area contributed by atoms with E-state index < -0.39 is 0 Å². The van der Waals surface area contributed by atoms with Crippen LogP contribution in [0.15, 0.2) is 59.6 Å². The molecule has 106 valence electrons. The van der Waals surface area contributed by atoms with Crippen LogP contribution in [0, 0.1) is 0 Å². The first-order valence-electron chi connectivity index (χ1n) is 6.68. The number of pyridine rings is 1. The maximum Gasteiger partial charge on any atom is 0.0766 e. The molecule has 0 unspecified atom stereocenters. The minimum atomic E-state index is 0.724. The normalized spacial score (nSPS) is 10.8. The van der Waals surface area contributed by atoms with Crippen LogP contribution in [-0.4, -0.2) is 11.2 Å². The van der Waals surface area contributed by atoms with E-state index in [1.54, 1.807) is 18.0 Å². The zero-order chi connectivity index (χ0) is 14.7. The number of para-hydroxylation sites is 1. The van der Waals surface area contributed by atoms with E-state index in [1.165, 1.54) is 4.90 Å². The lowest BCUT2D eigenvalue weighted by Gasteiger charge is -2.12. The molecule has 0 aliphatic heterocycles. The molecule has 0 atom stereocenters. The molecule has 3 aromatic rings. The molecule has 0 saturated heterocycles. The van der Waals surface area contributed by atoms with E-state index in [-0.39, 0.29) is 0 Å². The van der Waals surface area contributed by atoms with Crippen LogP contribution < -0.4 is 5.32 Å². The summed E-state index contributed by atoms with van der Waals surface area (Å²) in [6.45, 7) is 0.724. The quantitative estimate of drug-likeness (QED) is 0.668. The molecule has 4 heteroatoms. The van der Waals surface area contributed by atoms with Crippen molar-refractivity contribution in [3.8, 4) is 0 Å². The molecule has 0 spiro atoms. The molecule has 1 N–H and O–H groups in total. The third kappa shape index (κ3) is 2.99. The Labute approximate surface area is 133 Å². The summed E-state index contributed by atoms with van der Waals surface area (Å²) in [4.78, 5) is 5.71. The maximum absolute atomic E-state index is 6.23. The summed E-state index contributed by atoms with van der Waals surface area (Å²) in [7, 11) is 0. The van der Waals surface area contributed by atoms with Gasteiger partial charge in [0, 0.05) is 33.7 Å². The number of nitrogens with zero attached hydrogens (tertiary/aromatic N) is 1. The van der Waals surface area contributed by atoms with Crippen LogP contribution in [-0.2, 0) is 6.54 Å². The molecule has 2 aromatic carbocycles. The molecular weight excluding hydrogens is 300 g/mol. The van der Waals surface area contributed by atoms with E-state index >= 15 is 0 Å². The van der Waals surface area contributed by atoms with Gasteiger partial charge in [-0.3, -0.25) is 4.98 Å². The van der Waals surface area contributed by atoms with Crippen LogP contribution in [0.3, 0.4) is 0 Å². The summed E-state index contributed by atoms with van der Waals surface area (Å²) in [5.74, 6) is 0. The van der Waals surface area contributed by atoms with Crippen LogP contribution in [0.4, 0.5) is 5.69 Å². The summed E-state index contributed by atoms with van der Waals surface area (Å²) in [6.07, 6.45) is 3.89. The van der Waals surface area contributed by atoms with E-state index in [1.807, 2.05) is 30.3 Å². The summed E-state index contributed by atoms with van der Waals surface area (Å²) in [5, 5.41) is 5.23. The third-order valence-electron chi connectivity index (χ3n) is 3.38. The third-order valence-corrected chi connectivity index (χ3v) is 4.50. The van der Waals surface area contributed by atoms with Crippen molar-refractivity contribution in [2.45, 2.75) is 11.4 Å². The van der Waals surface area contributed by atoms with Gasteiger partial charge in [-0.25, -0.2) is 0 Å². The largest absolute Gasteiger partial charge is 0.380 e. The molecule has 0 amide bonds. The fourth-order valence-corrected chi connectivity index (χ4v) is 3.11. The Balaban J connectivity index is 1.91. The van der Waals surface area contributed by atoms with Gasteiger partial charge in [0.25, 0.3) is 0 Å². The lowest BCUT2D eigenvalue weighted by molar-refractivity contribution is 1.14. The number of hydrogen-bond acceptors (Lipinski definition) is 3. The number of aromatic nitrogens is 1. The molecule has 0 radical (unpaired) electrons. The van der Waals surface area contributed by atoms with Crippen molar-refractivity contribution in [1.82, 2.24) is 4.98 Å². The Kier molecular flexibility index (Phi) is 4.32. The molecule has 0 fully saturated rings. The van der Waals surface area contributed by atoms with Crippen LogP contribution in [0.2, 0.25) is 5.02 Å². The second-order valence-electron chi connectivity index (χ2n) is 4.66. The molecule has 3 rings (SSSR count). The molecule has 21 heavy (non-hydrogen) atoms. The average molecular weight is 315 g/mol. The Morgan fingerprint density at radius 3 is 2.81 bits per heavy atom. The Morgan fingerprint density at radius 1 is 1.10 bits per heavy atom. The molecule has 1 heterocycles. The summed E-state index contributed by atoms with van der Waals surface area (Å²) < 4.78 is 0. The standard InChI is InChI=1S/C17H15ClN2S/c1-21-16-7-3-2-6-15(16)20-11-12-8-9-14(18)13-5-4-10-19-17(12)13/h2-10,20H,11H2,1H3. The fraction of sp³-hybridized carbons (Fsp3) is 0.118. The van der Waals surface area contributed by atoms with Crippen molar-refractivity contribution < 1.29 is 0 Å². The number of halogens is 1. The molecule has 0 aliphatic carbocycles. The van der Waals surface area contributed by atoms with Gasteiger partial charge in [-0.1, -0.05) is 29.8 Å². The first kappa shape index (κ1) is 14.2. The molecule has 0 saturated carbocycles. The zero-order valence-corrected chi connectivity index (χ0v) is 13.2. The van der Waals surface area contributed by atoms with Gasteiger partial charge >= 0.3 is 0 Å². The Hall–Kier alpha value is -1.71. The van der Waals surface area contributed by atoms with Crippen molar-refractivity contribution in [1.29, 1.82) is 0 Å². The monoisotopic (exact) mass is 314 g/mol. The number of hydrogen-bond donors (Lipinski definition) is 1. The van der Waals surface area contributed by atoms with Gasteiger partial charge in [0.1, 0.15) is 0 Å². The summed E-state index contributed by atoms with van der Waals surface area (Å²) in [6, 6.07) is 16.2. The van der Waals surface area contributed by atoms with Gasteiger partial charge in [-0.05, 0) is 42.2 Å². The van der Waals surface area contributed by atoms with E-state index in [9.17, 15) is 0 Å². The smallest absolute Gasteiger partial charge is 0.0766 e. The van der Waals surface area contributed by atoms with Crippen LogP contribution in [0.1, 0.15) is 5.56 Å². The number of anilines is 1. The van der Waals surface area contributed by atoms with Gasteiger partial charge in [0.05, 0.1) is 5.52 Å². The minimum absolute atomic E-state index is 0.724. The number of rotatable bonds is 4. The average Bonchev–Trinajstić information content (AvgIpc) is 2.55. The van der Waals surface area contributed by atoms with Gasteiger partial charge in [0.2, 0.25) is 0 Å². The maximum atomic E-state index is 6.23. The molecule has 0 bridgehead atoms. The van der Waals surface area contributed by atoms with Gasteiger partial charge < -0.3 is 5.32 Å². The lowest BCUT2D eigenvalue weighted by atomic mass is 10.1. The first-order valence-corrected chi connectivity index (χ1v) is 8.29. The highest BCUT2D eigenvalue weighted by Gasteiger charge is 2.06. The zero-order valence-electron chi connectivity index (χ0n) is 11.6. The first-order chi connectivity index (χ1) is 10.3. The molecular formula is C17H15ClN2S. The minimum Gasteiger partial charge on any atom is -0.380 e. The highest BCUT2D eigenvalue weighted by molar-refractivity contribution is 7.98. The van der Waals surface area contributed by atoms with Crippen molar-refractivity contribution in [2.75, 3.05) is 11.6 Å². The van der Waals surface area contributed by atoms with Crippen molar-refractivity contribution in [3.63, 3.8) is 0 Å².